The van der Waals surface area contributed by atoms with Crippen molar-refractivity contribution < 1.29 is 18.6 Å². The molecule has 2 aromatic heterocycles. The Hall–Kier alpha value is -2.71. The van der Waals surface area contributed by atoms with Gasteiger partial charge in [0.05, 0.1) is 24.4 Å². The van der Waals surface area contributed by atoms with Crippen molar-refractivity contribution in [3.8, 4) is 17.1 Å². The van der Waals surface area contributed by atoms with Crippen LogP contribution in [0.5, 0.6) is 5.75 Å². The van der Waals surface area contributed by atoms with E-state index >= 15 is 0 Å². The summed E-state index contributed by atoms with van der Waals surface area (Å²) in [5, 5.41) is 24.0. The van der Waals surface area contributed by atoms with Crippen LogP contribution in [-0.4, -0.2) is 42.8 Å². The van der Waals surface area contributed by atoms with Crippen molar-refractivity contribution in [2.45, 2.75) is 12.4 Å². The molecule has 0 aliphatic rings. The Morgan fingerprint density at radius 3 is 2.69 bits per heavy atom. The molecule has 0 spiro atoms. The maximum absolute atomic E-state index is 12.8. The maximum atomic E-state index is 12.8. The first kappa shape index (κ1) is 18.1. The number of anilines is 2. The standard InChI is InChI=1S/C15H15F2N6O2P/c16-15(17,26)25-11-3-1-10(2-4-11)19-13-5-6-18-9-12(13)14-20-22-23(21-14)7-8-24/h1-6,9,24H,7-8,26H2,(H,18,19). The summed E-state index contributed by atoms with van der Waals surface area (Å²) in [5.41, 5.74) is 1.92. The molecule has 0 aliphatic heterocycles. The summed E-state index contributed by atoms with van der Waals surface area (Å²) in [6, 6.07) is 7.79. The molecule has 136 valence electrons. The molecule has 11 heteroatoms. The zero-order valence-electron chi connectivity index (χ0n) is 13.4. The summed E-state index contributed by atoms with van der Waals surface area (Å²) >= 11 is 0. The van der Waals surface area contributed by atoms with Gasteiger partial charge in [-0.15, -0.1) is 10.2 Å². The first-order valence-corrected chi connectivity index (χ1v) is 8.08. The first-order chi connectivity index (χ1) is 12.4. The van der Waals surface area contributed by atoms with Gasteiger partial charge in [-0.25, -0.2) is 0 Å². The Morgan fingerprint density at radius 2 is 2.00 bits per heavy atom. The van der Waals surface area contributed by atoms with Crippen LogP contribution in [0.15, 0.2) is 42.7 Å². The smallest absolute Gasteiger partial charge is 0.408 e. The number of ether oxygens (including phenoxy) is 1. The monoisotopic (exact) mass is 380 g/mol. The number of hydrogen-bond acceptors (Lipinski definition) is 7. The van der Waals surface area contributed by atoms with Gasteiger partial charge in [0.15, 0.2) is 0 Å². The number of aliphatic hydroxyl groups excluding tert-OH is 1. The quantitative estimate of drug-likeness (QED) is 0.607. The van der Waals surface area contributed by atoms with E-state index in [1.54, 1.807) is 30.6 Å². The van der Waals surface area contributed by atoms with Gasteiger partial charge in [-0.05, 0) is 44.8 Å². The third kappa shape index (κ3) is 4.68. The van der Waals surface area contributed by atoms with Crippen LogP contribution in [0.1, 0.15) is 0 Å². The lowest BCUT2D eigenvalue weighted by Crippen LogP contribution is -2.14. The molecule has 0 amide bonds. The number of halogens is 2. The summed E-state index contributed by atoms with van der Waals surface area (Å²) in [5.74, 6) is -2.94. The molecule has 0 aliphatic carbocycles. The largest absolute Gasteiger partial charge is 0.430 e. The van der Waals surface area contributed by atoms with Crippen LogP contribution in [0, 0.1) is 0 Å². The number of benzene rings is 1. The second kappa shape index (κ2) is 7.67. The summed E-state index contributed by atoms with van der Waals surface area (Å²) < 4.78 is 30.1. The number of hydrogen-bond donors (Lipinski definition) is 2. The Bertz CT molecular complexity index is 869. The molecule has 0 fully saturated rings. The molecule has 8 nitrogen and oxygen atoms in total. The second-order valence-corrected chi connectivity index (χ2v) is 5.84. The van der Waals surface area contributed by atoms with Crippen molar-refractivity contribution in [1.29, 1.82) is 0 Å². The average Bonchev–Trinajstić information content (AvgIpc) is 3.05. The number of nitrogens with one attached hydrogen (secondary N) is 1. The predicted octanol–water partition coefficient (Wildman–Crippen LogP) is 2.28. The fraction of sp³-hybridized carbons (Fsp3) is 0.200. The highest BCUT2D eigenvalue weighted by molar-refractivity contribution is 7.17. The van der Waals surface area contributed by atoms with Crippen molar-refractivity contribution in [2.24, 2.45) is 0 Å². The highest BCUT2D eigenvalue weighted by Crippen LogP contribution is 2.30. The minimum atomic E-state index is -3.32. The van der Waals surface area contributed by atoms with Crippen molar-refractivity contribution in [3.05, 3.63) is 42.7 Å². The second-order valence-electron chi connectivity index (χ2n) is 5.17. The van der Waals surface area contributed by atoms with Gasteiger partial charge in [-0.3, -0.25) is 4.98 Å². The van der Waals surface area contributed by atoms with Crippen LogP contribution in [0.25, 0.3) is 11.4 Å². The fourth-order valence-corrected chi connectivity index (χ4v) is 2.27. The summed E-state index contributed by atoms with van der Waals surface area (Å²) in [6.45, 7) is 0.134. The summed E-state index contributed by atoms with van der Waals surface area (Å²) in [7, 11) is 1.32. The van der Waals surface area contributed by atoms with Gasteiger partial charge in [0.2, 0.25) is 5.82 Å². The van der Waals surface area contributed by atoms with Crippen molar-refractivity contribution in [3.63, 3.8) is 0 Å². The molecule has 1 aromatic carbocycles. The van der Waals surface area contributed by atoms with Crippen molar-refractivity contribution >= 4 is 20.6 Å². The number of tetrazole rings is 1. The van der Waals surface area contributed by atoms with Crippen LogP contribution in [0.3, 0.4) is 0 Å². The van der Waals surface area contributed by atoms with Crippen LogP contribution in [0.2, 0.25) is 0 Å². The number of pyridine rings is 1. The molecule has 3 rings (SSSR count). The van der Waals surface area contributed by atoms with Gasteiger partial charge >= 0.3 is 5.85 Å². The van der Waals surface area contributed by atoms with E-state index in [2.05, 4.69) is 30.4 Å². The van der Waals surface area contributed by atoms with E-state index < -0.39 is 5.85 Å². The zero-order valence-corrected chi connectivity index (χ0v) is 14.5. The van der Waals surface area contributed by atoms with E-state index in [0.29, 0.717) is 22.8 Å². The normalized spacial score (nSPS) is 11.4. The molecule has 2 heterocycles. The number of alkyl halides is 2. The van der Waals surface area contributed by atoms with Crippen LogP contribution in [0.4, 0.5) is 20.2 Å². The van der Waals surface area contributed by atoms with Crippen LogP contribution < -0.4 is 10.1 Å². The number of aromatic nitrogens is 5. The lowest BCUT2D eigenvalue weighted by Gasteiger charge is -2.14. The zero-order chi connectivity index (χ0) is 18.6. The number of aliphatic hydroxyl groups is 1. The molecule has 2 N–H and O–H groups in total. The lowest BCUT2D eigenvalue weighted by molar-refractivity contribution is -0.0892. The molecular formula is C15H15F2N6O2P. The number of nitrogens with zero attached hydrogens (tertiary/aromatic N) is 5. The van der Waals surface area contributed by atoms with E-state index in [1.165, 1.54) is 26.2 Å². The van der Waals surface area contributed by atoms with Crippen molar-refractivity contribution in [1.82, 2.24) is 25.2 Å². The average molecular weight is 380 g/mol. The van der Waals surface area contributed by atoms with Crippen LogP contribution >= 0.6 is 9.24 Å². The summed E-state index contributed by atoms with van der Waals surface area (Å²) in [6.07, 6.45) is 3.17. The van der Waals surface area contributed by atoms with Gasteiger partial charge in [-0.2, -0.15) is 13.6 Å². The lowest BCUT2D eigenvalue weighted by atomic mass is 10.2. The minimum Gasteiger partial charge on any atom is -0.430 e. The third-order valence-corrected chi connectivity index (χ3v) is 3.32. The molecule has 0 saturated carbocycles. The predicted molar refractivity (Wildman–Crippen MR) is 93.1 cm³/mol. The molecule has 0 saturated heterocycles. The molecule has 3 aromatic rings. The van der Waals surface area contributed by atoms with Gasteiger partial charge in [0.25, 0.3) is 0 Å². The molecule has 1 unspecified atom stereocenters. The third-order valence-electron chi connectivity index (χ3n) is 3.20. The summed E-state index contributed by atoms with van der Waals surface area (Å²) in [4.78, 5) is 5.34. The van der Waals surface area contributed by atoms with E-state index in [4.69, 9.17) is 5.11 Å². The van der Waals surface area contributed by atoms with Gasteiger partial charge in [-0.1, -0.05) is 0 Å². The Labute approximate surface area is 149 Å². The molecule has 26 heavy (non-hydrogen) atoms. The SMILES string of the molecule is OCCn1nnc(-c2cnccc2Nc2ccc(OC(F)(F)P)cc2)n1. The van der Waals surface area contributed by atoms with Gasteiger partial charge in [0.1, 0.15) is 5.75 Å². The van der Waals surface area contributed by atoms with Gasteiger partial charge < -0.3 is 15.2 Å². The Kier molecular flexibility index (Phi) is 5.34. The van der Waals surface area contributed by atoms with Crippen LogP contribution in [-0.2, 0) is 6.54 Å². The van der Waals surface area contributed by atoms with Crippen molar-refractivity contribution in [2.75, 3.05) is 11.9 Å². The highest BCUT2D eigenvalue weighted by atomic mass is 31.0. The number of rotatable bonds is 7. The highest BCUT2D eigenvalue weighted by Gasteiger charge is 2.23. The molecule has 1 atom stereocenters. The van der Waals surface area contributed by atoms with E-state index in [1.807, 2.05) is 0 Å². The first-order valence-electron chi connectivity index (χ1n) is 7.50. The minimum absolute atomic E-state index is 0.0408. The molecule has 0 radical (unpaired) electrons. The van der Waals surface area contributed by atoms with E-state index in [-0.39, 0.29) is 18.9 Å². The van der Waals surface area contributed by atoms with E-state index in [9.17, 15) is 8.78 Å². The maximum Gasteiger partial charge on any atom is 0.408 e. The molecule has 0 bridgehead atoms. The Balaban J connectivity index is 1.80. The Morgan fingerprint density at radius 1 is 1.23 bits per heavy atom. The van der Waals surface area contributed by atoms with E-state index in [0.717, 1.165) is 0 Å². The topological polar surface area (TPSA) is 98.0 Å². The molecular weight excluding hydrogens is 365 g/mol. The van der Waals surface area contributed by atoms with Gasteiger partial charge in [0, 0.05) is 18.1 Å². The fourth-order valence-electron chi connectivity index (χ4n) is 2.14.